The van der Waals surface area contributed by atoms with E-state index >= 15 is 0 Å². The molecule has 0 bridgehead atoms. The van der Waals surface area contributed by atoms with Gasteiger partial charge >= 0.3 is 0 Å². The zero-order chi connectivity index (χ0) is 19.1. The molecular formula is C20H16BrN3O2S2. The van der Waals surface area contributed by atoms with Gasteiger partial charge in [0, 0.05) is 16.6 Å². The van der Waals surface area contributed by atoms with Crippen LogP contribution in [0.4, 0.5) is 5.13 Å². The van der Waals surface area contributed by atoms with Gasteiger partial charge in [-0.2, -0.15) is 0 Å². The molecule has 0 spiro atoms. The van der Waals surface area contributed by atoms with E-state index in [9.17, 15) is 4.79 Å². The first kappa shape index (κ1) is 18.2. The average Bonchev–Trinajstić information content (AvgIpc) is 3.44. The lowest BCUT2D eigenvalue weighted by Gasteiger charge is -2.23. The smallest absolute Gasteiger partial charge is 0.260 e. The summed E-state index contributed by atoms with van der Waals surface area (Å²) >= 11 is 6.58. The second kappa shape index (κ2) is 7.51. The van der Waals surface area contributed by atoms with Crippen LogP contribution in [0.5, 0.6) is 0 Å². The lowest BCUT2D eigenvalue weighted by molar-refractivity contribution is 0.0917. The molecule has 1 unspecified atom stereocenters. The summed E-state index contributed by atoms with van der Waals surface area (Å²) in [5, 5.41) is 0.706. The highest BCUT2D eigenvalue weighted by molar-refractivity contribution is 9.10. The first-order chi connectivity index (χ1) is 13.7. The monoisotopic (exact) mass is 473 g/mol. The van der Waals surface area contributed by atoms with Crippen molar-refractivity contribution in [3.05, 3.63) is 51.9 Å². The maximum absolute atomic E-state index is 13.5. The Morgan fingerprint density at radius 2 is 2.11 bits per heavy atom. The first-order valence-corrected chi connectivity index (χ1v) is 11.5. The van der Waals surface area contributed by atoms with Crippen LogP contribution in [0.3, 0.4) is 0 Å². The second-order valence-corrected chi connectivity index (χ2v) is 9.51. The summed E-state index contributed by atoms with van der Waals surface area (Å²) in [6.07, 6.45) is 2.05. The molecular weight excluding hydrogens is 458 g/mol. The zero-order valence-electron chi connectivity index (χ0n) is 14.8. The SMILES string of the molecule is O=C(c1ccc2ncsc2c1)N(CC1CCCO1)c1nc2ccc(Br)cc2s1. The normalized spacial score (nSPS) is 16.8. The number of nitrogens with zero attached hydrogens (tertiary/aromatic N) is 3. The van der Waals surface area contributed by atoms with Crippen molar-refractivity contribution in [3.63, 3.8) is 0 Å². The predicted molar refractivity (Wildman–Crippen MR) is 118 cm³/mol. The fourth-order valence-corrected chi connectivity index (χ4v) is 5.63. The van der Waals surface area contributed by atoms with E-state index in [1.165, 1.54) is 22.7 Å². The lowest BCUT2D eigenvalue weighted by atomic mass is 10.1. The third-order valence-corrected chi connectivity index (χ3v) is 7.13. The number of aromatic nitrogens is 2. The fraction of sp³-hybridized carbons (Fsp3) is 0.250. The van der Waals surface area contributed by atoms with Gasteiger partial charge in [-0.1, -0.05) is 27.3 Å². The summed E-state index contributed by atoms with van der Waals surface area (Å²) < 4.78 is 8.87. The van der Waals surface area contributed by atoms with Crippen molar-refractivity contribution in [3.8, 4) is 0 Å². The molecule has 3 heterocycles. The van der Waals surface area contributed by atoms with Crippen molar-refractivity contribution in [1.82, 2.24) is 9.97 Å². The number of hydrogen-bond donors (Lipinski definition) is 0. The van der Waals surface area contributed by atoms with Gasteiger partial charge < -0.3 is 4.74 Å². The van der Waals surface area contributed by atoms with E-state index in [1.807, 2.05) is 36.4 Å². The lowest BCUT2D eigenvalue weighted by Crippen LogP contribution is -2.37. The van der Waals surface area contributed by atoms with Crippen LogP contribution in [0, 0.1) is 0 Å². The number of carbonyl (C=O) groups excluding carboxylic acids is 1. The number of hydrogen-bond acceptors (Lipinski definition) is 6. The molecule has 0 saturated carbocycles. The molecule has 0 radical (unpaired) electrons. The molecule has 142 valence electrons. The molecule has 2 aromatic heterocycles. The minimum Gasteiger partial charge on any atom is -0.376 e. The van der Waals surface area contributed by atoms with Gasteiger partial charge in [-0.3, -0.25) is 9.69 Å². The molecule has 5 rings (SSSR count). The number of carbonyl (C=O) groups is 1. The van der Waals surface area contributed by atoms with Crippen LogP contribution in [0.15, 0.2) is 46.4 Å². The van der Waals surface area contributed by atoms with Gasteiger partial charge in [-0.15, -0.1) is 11.3 Å². The summed E-state index contributed by atoms with van der Waals surface area (Å²) in [5.74, 6) is -0.0519. The summed E-state index contributed by atoms with van der Waals surface area (Å²) in [6.45, 7) is 1.27. The molecule has 8 heteroatoms. The van der Waals surface area contributed by atoms with Crippen molar-refractivity contribution < 1.29 is 9.53 Å². The van der Waals surface area contributed by atoms with Crippen LogP contribution in [-0.2, 0) is 4.74 Å². The third kappa shape index (κ3) is 3.45. The number of benzene rings is 2. The molecule has 0 aliphatic carbocycles. The van der Waals surface area contributed by atoms with Crippen LogP contribution in [0.25, 0.3) is 20.4 Å². The number of anilines is 1. The largest absolute Gasteiger partial charge is 0.376 e. The number of rotatable bonds is 4. The topological polar surface area (TPSA) is 55.3 Å². The van der Waals surface area contributed by atoms with Crippen molar-refractivity contribution in [2.45, 2.75) is 18.9 Å². The highest BCUT2D eigenvalue weighted by Crippen LogP contribution is 2.33. The number of amides is 1. The van der Waals surface area contributed by atoms with Crippen molar-refractivity contribution >= 4 is 70.1 Å². The maximum atomic E-state index is 13.5. The molecule has 1 saturated heterocycles. The molecule has 1 amide bonds. The van der Waals surface area contributed by atoms with E-state index in [4.69, 9.17) is 9.72 Å². The minimum atomic E-state index is -0.0519. The van der Waals surface area contributed by atoms with Gasteiger partial charge in [-0.25, -0.2) is 9.97 Å². The molecule has 4 aromatic rings. The maximum Gasteiger partial charge on any atom is 0.260 e. The predicted octanol–water partition coefficient (Wildman–Crippen LogP) is 5.49. The Balaban J connectivity index is 1.54. The summed E-state index contributed by atoms with van der Waals surface area (Å²) in [7, 11) is 0. The summed E-state index contributed by atoms with van der Waals surface area (Å²) in [4.78, 5) is 24.3. The zero-order valence-corrected chi connectivity index (χ0v) is 18.0. The van der Waals surface area contributed by atoms with E-state index in [1.54, 1.807) is 10.4 Å². The Hall–Kier alpha value is -1.87. The van der Waals surface area contributed by atoms with E-state index in [-0.39, 0.29) is 12.0 Å². The Morgan fingerprint density at radius 3 is 2.96 bits per heavy atom. The molecule has 1 aliphatic heterocycles. The first-order valence-electron chi connectivity index (χ1n) is 9.00. The van der Waals surface area contributed by atoms with E-state index in [0.29, 0.717) is 17.2 Å². The van der Waals surface area contributed by atoms with Crippen LogP contribution >= 0.6 is 38.6 Å². The van der Waals surface area contributed by atoms with Crippen molar-refractivity contribution in [2.75, 3.05) is 18.1 Å². The Kier molecular flexibility index (Phi) is 4.88. The van der Waals surface area contributed by atoms with Crippen molar-refractivity contribution in [2.24, 2.45) is 0 Å². The van der Waals surface area contributed by atoms with Gasteiger partial charge in [0.2, 0.25) is 0 Å². The average molecular weight is 474 g/mol. The van der Waals surface area contributed by atoms with Crippen LogP contribution in [0.1, 0.15) is 23.2 Å². The quantitative estimate of drug-likeness (QED) is 0.392. The van der Waals surface area contributed by atoms with E-state index in [0.717, 1.165) is 44.4 Å². The van der Waals surface area contributed by atoms with Crippen LogP contribution < -0.4 is 4.90 Å². The molecule has 28 heavy (non-hydrogen) atoms. The molecule has 5 nitrogen and oxygen atoms in total. The van der Waals surface area contributed by atoms with Crippen molar-refractivity contribution in [1.29, 1.82) is 0 Å². The van der Waals surface area contributed by atoms with Crippen LogP contribution in [-0.4, -0.2) is 35.1 Å². The van der Waals surface area contributed by atoms with Gasteiger partial charge in [0.15, 0.2) is 5.13 Å². The van der Waals surface area contributed by atoms with Gasteiger partial charge in [0.05, 0.1) is 38.6 Å². The number of fused-ring (bicyclic) bond motifs is 2. The standard InChI is InChI=1S/C20H16BrN3O2S2/c21-13-4-6-16-18(9-13)28-20(23-16)24(10-14-2-1-7-26-14)19(25)12-3-5-15-17(8-12)27-11-22-15/h3-6,8-9,11,14H,1-2,7,10H2. The Labute approximate surface area is 178 Å². The van der Waals surface area contributed by atoms with Gasteiger partial charge in [0.1, 0.15) is 0 Å². The minimum absolute atomic E-state index is 0.0508. The molecule has 0 N–H and O–H groups in total. The van der Waals surface area contributed by atoms with Crippen LogP contribution in [0.2, 0.25) is 0 Å². The summed E-state index contributed by atoms with van der Waals surface area (Å²) in [5.41, 5.74) is 4.26. The second-order valence-electron chi connectivity index (χ2n) is 6.69. The fourth-order valence-electron chi connectivity index (χ4n) is 3.39. The summed E-state index contributed by atoms with van der Waals surface area (Å²) in [6, 6.07) is 11.6. The Morgan fingerprint density at radius 1 is 1.21 bits per heavy atom. The molecule has 1 aliphatic rings. The number of ether oxygens (including phenoxy) is 1. The Bertz CT molecular complexity index is 1170. The van der Waals surface area contributed by atoms with Gasteiger partial charge in [-0.05, 0) is 49.2 Å². The van der Waals surface area contributed by atoms with Gasteiger partial charge in [0.25, 0.3) is 5.91 Å². The molecule has 1 atom stereocenters. The highest BCUT2D eigenvalue weighted by Gasteiger charge is 2.27. The number of thiazole rings is 2. The number of halogens is 1. The molecule has 2 aromatic carbocycles. The third-order valence-electron chi connectivity index (χ3n) is 4.80. The highest BCUT2D eigenvalue weighted by atomic mass is 79.9. The van der Waals surface area contributed by atoms with E-state index < -0.39 is 0 Å². The van der Waals surface area contributed by atoms with E-state index in [2.05, 4.69) is 20.9 Å². The molecule has 1 fully saturated rings.